The van der Waals surface area contributed by atoms with Gasteiger partial charge in [-0.2, -0.15) is 0 Å². The number of halogens is 2. The maximum absolute atomic E-state index is 11.7. The normalized spacial score (nSPS) is 15.0. The van der Waals surface area contributed by atoms with Crippen LogP contribution in [0.25, 0.3) is 0 Å². The van der Waals surface area contributed by atoms with Crippen molar-refractivity contribution in [2.75, 3.05) is 32.7 Å². The fraction of sp³-hybridized carbons (Fsp3) is 0.600. The van der Waals surface area contributed by atoms with Gasteiger partial charge in [-0.25, -0.2) is 4.79 Å². The van der Waals surface area contributed by atoms with Gasteiger partial charge in [0.1, 0.15) is 0 Å². The number of amides is 2. The SMILES string of the molecule is O=C(NCCCN1CCCC1)NCCc1c(Cl)cncc1Cl. The second-order valence-electron chi connectivity index (χ2n) is 5.42. The van der Waals surface area contributed by atoms with Crippen molar-refractivity contribution in [3.05, 3.63) is 28.0 Å². The Kier molecular flexibility index (Phi) is 7.22. The summed E-state index contributed by atoms with van der Waals surface area (Å²) < 4.78 is 0. The average Bonchev–Trinajstić information content (AvgIpc) is 3.00. The second kappa shape index (κ2) is 9.18. The molecule has 122 valence electrons. The summed E-state index contributed by atoms with van der Waals surface area (Å²) in [7, 11) is 0. The molecule has 7 heteroatoms. The van der Waals surface area contributed by atoms with Gasteiger partial charge in [-0.05, 0) is 50.9 Å². The molecule has 0 atom stereocenters. The molecular formula is C15H22Cl2N4O. The summed E-state index contributed by atoms with van der Waals surface area (Å²) in [5.41, 5.74) is 0.813. The van der Waals surface area contributed by atoms with E-state index < -0.39 is 0 Å². The summed E-state index contributed by atoms with van der Waals surface area (Å²) >= 11 is 12.1. The predicted molar refractivity (Wildman–Crippen MR) is 89.7 cm³/mol. The van der Waals surface area contributed by atoms with Gasteiger partial charge in [-0.3, -0.25) is 4.98 Å². The number of rotatable bonds is 7. The van der Waals surface area contributed by atoms with Crippen LogP contribution in [-0.4, -0.2) is 48.6 Å². The molecule has 2 amide bonds. The lowest BCUT2D eigenvalue weighted by Crippen LogP contribution is -2.38. The molecule has 5 nitrogen and oxygen atoms in total. The molecule has 1 aliphatic rings. The van der Waals surface area contributed by atoms with Crippen molar-refractivity contribution < 1.29 is 4.79 Å². The van der Waals surface area contributed by atoms with E-state index in [1.54, 1.807) is 12.4 Å². The lowest BCUT2D eigenvalue weighted by atomic mass is 10.2. The molecule has 0 saturated carbocycles. The Morgan fingerprint density at radius 2 is 1.77 bits per heavy atom. The molecule has 0 spiro atoms. The van der Waals surface area contributed by atoms with E-state index in [0.717, 1.165) is 18.5 Å². The number of nitrogens with one attached hydrogen (secondary N) is 2. The second-order valence-corrected chi connectivity index (χ2v) is 6.23. The van der Waals surface area contributed by atoms with E-state index in [9.17, 15) is 4.79 Å². The van der Waals surface area contributed by atoms with E-state index in [-0.39, 0.29) is 6.03 Å². The van der Waals surface area contributed by atoms with Crippen molar-refractivity contribution in [1.82, 2.24) is 20.5 Å². The molecule has 0 radical (unpaired) electrons. The van der Waals surface area contributed by atoms with E-state index in [1.165, 1.54) is 25.9 Å². The molecule has 0 bridgehead atoms. The lowest BCUT2D eigenvalue weighted by molar-refractivity contribution is 0.240. The van der Waals surface area contributed by atoms with Crippen molar-refractivity contribution in [3.8, 4) is 0 Å². The van der Waals surface area contributed by atoms with E-state index >= 15 is 0 Å². The highest BCUT2D eigenvalue weighted by Gasteiger charge is 2.10. The molecular weight excluding hydrogens is 323 g/mol. The van der Waals surface area contributed by atoms with Crippen LogP contribution in [0.4, 0.5) is 4.79 Å². The number of carbonyl (C=O) groups excluding carboxylic acids is 1. The van der Waals surface area contributed by atoms with Crippen LogP contribution in [0.1, 0.15) is 24.8 Å². The number of carbonyl (C=O) groups is 1. The summed E-state index contributed by atoms with van der Waals surface area (Å²) in [5, 5.41) is 6.74. The highest BCUT2D eigenvalue weighted by molar-refractivity contribution is 6.35. The van der Waals surface area contributed by atoms with Gasteiger partial charge in [0.15, 0.2) is 0 Å². The van der Waals surface area contributed by atoms with Crippen molar-refractivity contribution in [2.24, 2.45) is 0 Å². The summed E-state index contributed by atoms with van der Waals surface area (Å²) in [6.07, 6.45) is 7.28. The topological polar surface area (TPSA) is 57.3 Å². The highest BCUT2D eigenvalue weighted by Crippen LogP contribution is 2.22. The zero-order valence-corrected chi connectivity index (χ0v) is 14.1. The minimum atomic E-state index is -0.150. The van der Waals surface area contributed by atoms with E-state index in [2.05, 4.69) is 20.5 Å². The molecule has 1 aliphatic heterocycles. The van der Waals surface area contributed by atoms with Gasteiger partial charge in [0.25, 0.3) is 0 Å². The Labute approximate surface area is 141 Å². The molecule has 1 saturated heterocycles. The number of pyridine rings is 1. The van der Waals surface area contributed by atoms with Gasteiger partial charge in [0.05, 0.1) is 10.0 Å². The zero-order chi connectivity index (χ0) is 15.8. The van der Waals surface area contributed by atoms with Crippen LogP contribution >= 0.6 is 23.2 Å². The number of hydrogen-bond acceptors (Lipinski definition) is 3. The number of hydrogen-bond donors (Lipinski definition) is 2. The molecule has 2 N–H and O–H groups in total. The fourth-order valence-electron chi connectivity index (χ4n) is 2.55. The summed E-state index contributed by atoms with van der Waals surface area (Å²) in [6, 6.07) is -0.150. The van der Waals surface area contributed by atoms with Crippen LogP contribution in [0.5, 0.6) is 0 Å². The quantitative estimate of drug-likeness (QED) is 0.747. The minimum absolute atomic E-state index is 0.150. The Hall–Kier alpha value is -1.04. The Morgan fingerprint density at radius 3 is 2.45 bits per heavy atom. The van der Waals surface area contributed by atoms with Crippen LogP contribution in [0.3, 0.4) is 0 Å². The van der Waals surface area contributed by atoms with Crippen LogP contribution in [-0.2, 0) is 6.42 Å². The molecule has 2 rings (SSSR count). The van der Waals surface area contributed by atoms with E-state index in [4.69, 9.17) is 23.2 Å². The summed E-state index contributed by atoms with van der Waals surface area (Å²) in [6.45, 7) is 4.63. The van der Waals surface area contributed by atoms with Gasteiger partial charge in [-0.1, -0.05) is 23.2 Å². The van der Waals surface area contributed by atoms with E-state index in [1.807, 2.05) is 0 Å². The molecule has 0 aromatic carbocycles. The molecule has 0 unspecified atom stereocenters. The van der Waals surface area contributed by atoms with Crippen molar-refractivity contribution in [2.45, 2.75) is 25.7 Å². The summed E-state index contributed by atoms with van der Waals surface area (Å²) in [4.78, 5) is 18.0. The number of aromatic nitrogens is 1. The van der Waals surface area contributed by atoms with Gasteiger partial charge >= 0.3 is 6.03 Å². The highest BCUT2D eigenvalue weighted by atomic mass is 35.5. The van der Waals surface area contributed by atoms with E-state index in [0.29, 0.717) is 29.6 Å². The third kappa shape index (κ3) is 5.63. The third-order valence-electron chi connectivity index (χ3n) is 3.75. The Morgan fingerprint density at radius 1 is 1.14 bits per heavy atom. The van der Waals surface area contributed by atoms with Gasteiger partial charge in [-0.15, -0.1) is 0 Å². The zero-order valence-electron chi connectivity index (χ0n) is 12.6. The number of nitrogens with zero attached hydrogens (tertiary/aromatic N) is 2. The first kappa shape index (κ1) is 17.3. The van der Waals surface area contributed by atoms with Gasteiger partial charge in [0, 0.05) is 25.5 Å². The van der Waals surface area contributed by atoms with Crippen molar-refractivity contribution in [3.63, 3.8) is 0 Å². The van der Waals surface area contributed by atoms with Gasteiger partial charge in [0.2, 0.25) is 0 Å². The van der Waals surface area contributed by atoms with Crippen molar-refractivity contribution >= 4 is 29.2 Å². The maximum Gasteiger partial charge on any atom is 0.314 e. The van der Waals surface area contributed by atoms with Gasteiger partial charge < -0.3 is 15.5 Å². The van der Waals surface area contributed by atoms with Crippen LogP contribution in [0.2, 0.25) is 10.0 Å². The standard InChI is InChI=1S/C15H22Cl2N4O/c16-13-10-18-11-14(17)12(13)4-6-20-15(22)19-5-3-9-21-7-1-2-8-21/h10-11H,1-9H2,(H2,19,20,22). The Bertz CT molecular complexity index is 472. The molecule has 0 aliphatic carbocycles. The lowest BCUT2D eigenvalue weighted by Gasteiger charge is -2.14. The monoisotopic (exact) mass is 344 g/mol. The third-order valence-corrected chi connectivity index (χ3v) is 4.40. The fourth-order valence-corrected chi connectivity index (χ4v) is 3.10. The maximum atomic E-state index is 11.7. The first-order valence-electron chi connectivity index (χ1n) is 7.69. The smallest absolute Gasteiger partial charge is 0.314 e. The predicted octanol–water partition coefficient (Wildman–Crippen LogP) is 2.72. The van der Waals surface area contributed by atoms with Crippen molar-refractivity contribution in [1.29, 1.82) is 0 Å². The molecule has 1 fully saturated rings. The number of likely N-dealkylation sites (tertiary alicyclic amines) is 1. The Balaban J connectivity index is 1.57. The largest absolute Gasteiger partial charge is 0.338 e. The van der Waals surface area contributed by atoms with Crippen LogP contribution in [0, 0.1) is 0 Å². The van der Waals surface area contributed by atoms with Crippen LogP contribution < -0.4 is 10.6 Å². The first-order valence-corrected chi connectivity index (χ1v) is 8.44. The number of urea groups is 1. The first-order chi connectivity index (χ1) is 10.7. The molecule has 2 heterocycles. The molecule has 22 heavy (non-hydrogen) atoms. The molecule has 1 aromatic heterocycles. The summed E-state index contributed by atoms with van der Waals surface area (Å²) in [5.74, 6) is 0. The van der Waals surface area contributed by atoms with Crippen LogP contribution in [0.15, 0.2) is 12.4 Å². The molecule has 1 aromatic rings. The minimum Gasteiger partial charge on any atom is -0.338 e. The average molecular weight is 345 g/mol.